The maximum absolute atomic E-state index is 12.6. The van der Waals surface area contributed by atoms with Crippen LogP contribution in [0.1, 0.15) is 36.6 Å². The Labute approximate surface area is 163 Å². The summed E-state index contributed by atoms with van der Waals surface area (Å²) in [4.78, 5) is 30.3. The van der Waals surface area contributed by atoms with Crippen LogP contribution in [-0.4, -0.2) is 39.1 Å². The van der Waals surface area contributed by atoms with E-state index >= 15 is 0 Å². The zero-order chi connectivity index (χ0) is 19.7. The summed E-state index contributed by atoms with van der Waals surface area (Å²) >= 11 is 0. The van der Waals surface area contributed by atoms with E-state index < -0.39 is 0 Å². The first-order chi connectivity index (χ1) is 13.5. The van der Waals surface area contributed by atoms with Gasteiger partial charge in [-0.1, -0.05) is 18.2 Å². The molecule has 2 aliphatic heterocycles. The molecular weight excluding hydrogens is 356 g/mol. The number of carbonyl (C=O) groups excluding carboxylic acids is 2. The van der Waals surface area contributed by atoms with E-state index in [4.69, 9.17) is 5.73 Å². The Hall–Kier alpha value is -3.42. The fourth-order valence-corrected chi connectivity index (χ4v) is 3.42. The molecule has 0 atom stereocenters. The highest BCUT2D eigenvalue weighted by Gasteiger charge is 2.25. The third-order valence-electron chi connectivity index (χ3n) is 4.95. The molecule has 1 aromatic heterocycles. The summed E-state index contributed by atoms with van der Waals surface area (Å²) in [7, 11) is 0. The molecule has 0 unspecified atom stereocenters. The van der Waals surface area contributed by atoms with Gasteiger partial charge in [0, 0.05) is 31.6 Å². The molecule has 0 saturated carbocycles. The molecule has 0 radical (unpaired) electrons. The third kappa shape index (κ3) is 3.53. The molecule has 3 N–H and O–H groups in total. The number of fused-ring (bicyclic) bond motifs is 1. The highest BCUT2D eigenvalue weighted by molar-refractivity contribution is 6.04. The summed E-state index contributed by atoms with van der Waals surface area (Å²) in [6, 6.07) is 11.0. The lowest BCUT2D eigenvalue weighted by Crippen LogP contribution is -2.31. The monoisotopic (exact) mass is 378 g/mol. The largest absolute Gasteiger partial charge is 0.384 e. The Morgan fingerprint density at radius 3 is 2.68 bits per heavy atom. The van der Waals surface area contributed by atoms with Crippen LogP contribution in [-0.2, 0) is 17.9 Å². The van der Waals surface area contributed by atoms with Crippen LogP contribution in [0.5, 0.6) is 0 Å². The number of hydrazone groups is 1. The van der Waals surface area contributed by atoms with Crippen LogP contribution in [0, 0.1) is 0 Å². The molecule has 0 bridgehead atoms. The molecule has 0 saturated heterocycles. The lowest BCUT2D eigenvalue weighted by atomic mass is 10.0. The highest BCUT2D eigenvalue weighted by Crippen LogP contribution is 2.23. The van der Waals surface area contributed by atoms with E-state index in [0.717, 1.165) is 22.5 Å². The number of amides is 3. The van der Waals surface area contributed by atoms with E-state index in [2.05, 4.69) is 15.4 Å². The molecule has 3 heterocycles. The van der Waals surface area contributed by atoms with E-state index in [1.165, 1.54) is 5.01 Å². The summed E-state index contributed by atoms with van der Waals surface area (Å²) < 4.78 is 0. The molecule has 0 aliphatic carbocycles. The Balaban J connectivity index is 1.41. The number of carbonyl (C=O) groups is 2. The summed E-state index contributed by atoms with van der Waals surface area (Å²) in [6.45, 7) is 3.44. The molecule has 2 aliphatic rings. The van der Waals surface area contributed by atoms with Gasteiger partial charge in [0.1, 0.15) is 5.82 Å². The summed E-state index contributed by atoms with van der Waals surface area (Å²) in [5.74, 6) is 0.517. The first kappa shape index (κ1) is 18.0. The van der Waals surface area contributed by atoms with Crippen molar-refractivity contribution in [2.24, 2.45) is 5.10 Å². The SMILES string of the molecule is CCN1N=C(c2ccc(NC(=O)N3Cc4ccc(N)nc4C3)cc2)CCC1=O. The minimum Gasteiger partial charge on any atom is -0.384 e. The second-order valence-electron chi connectivity index (χ2n) is 6.86. The van der Waals surface area contributed by atoms with Gasteiger partial charge < -0.3 is 16.0 Å². The zero-order valence-electron chi connectivity index (χ0n) is 15.7. The highest BCUT2D eigenvalue weighted by atomic mass is 16.2. The molecule has 1 aromatic carbocycles. The number of benzene rings is 1. The van der Waals surface area contributed by atoms with Crippen LogP contribution >= 0.6 is 0 Å². The van der Waals surface area contributed by atoms with Gasteiger partial charge in [0.15, 0.2) is 0 Å². The average Bonchev–Trinajstić information content (AvgIpc) is 3.12. The van der Waals surface area contributed by atoms with Crippen molar-refractivity contribution in [2.75, 3.05) is 17.6 Å². The van der Waals surface area contributed by atoms with Gasteiger partial charge in [-0.25, -0.2) is 14.8 Å². The van der Waals surface area contributed by atoms with Crippen molar-refractivity contribution in [1.82, 2.24) is 14.9 Å². The van der Waals surface area contributed by atoms with Crippen LogP contribution in [0.2, 0.25) is 0 Å². The van der Waals surface area contributed by atoms with Crippen LogP contribution in [0.25, 0.3) is 0 Å². The number of rotatable bonds is 3. The van der Waals surface area contributed by atoms with E-state index in [1.54, 1.807) is 11.0 Å². The molecule has 0 fully saturated rings. The van der Waals surface area contributed by atoms with Gasteiger partial charge in [-0.3, -0.25) is 4.79 Å². The molecule has 28 heavy (non-hydrogen) atoms. The van der Waals surface area contributed by atoms with Crippen molar-refractivity contribution in [1.29, 1.82) is 0 Å². The topological polar surface area (TPSA) is 104 Å². The minimum atomic E-state index is -0.179. The van der Waals surface area contributed by atoms with Crippen molar-refractivity contribution in [2.45, 2.75) is 32.9 Å². The van der Waals surface area contributed by atoms with Gasteiger partial charge in [-0.2, -0.15) is 5.10 Å². The first-order valence-electron chi connectivity index (χ1n) is 9.32. The van der Waals surface area contributed by atoms with Crippen LogP contribution in [0.3, 0.4) is 0 Å². The Kier molecular flexibility index (Phi) is 4.68. The van der Waals surface area contributed by atoms with Crippen molar-refractivity contribution >= 4 is 29.2 Å². The molecular formula is C20H22N6O2. The van der Waals surface area contributed by atoms with Gasteiger partial charge in [0.25, 0.3) is 0 Å². The molecule has 8 heteroatoms. The fourth-order valence-electron chi connectivity index (χ4n) is 3.42. The Morgan fingerprint density at radius 1 is 1.14 bits per heavy atom. The lowest BCUT2D eigenvalue weighted by molar-refractivity contribution is -0.131. The van der Waals surface area contributed by atoms with Crippen LogP contribution < -0.4 is 11.1 Å². The Morgan fingerprint density at radius 2 is 1.93 bits per heavy atom. The predicted molar refractivity (Wildman–Crippen MR) is 107 cm³/mol. The number of urea groups is 1. The van der Waals surface area contributed by atoms with E-state index in [9.17, 15) is 9.59 Å². The molecule has 8 nitrogen and oxygen atoms in total. The fraction of sp³-hybridized carbons (Fsp3) is 0.300. The Bertz CT molecular complexity index is 954. The van der Waals surface area contributed by atoms with Gasteiger partial charge in [0.2, 0.25) is 5.91 Å². The maximum Gasteiger partial charge on any atom is 0.322 e. The van der Waals surface area contributed by atoms with Gasteiger partial charge >= 0.3 is 6.03 Å². The van der Waals surface area contributed by atoms with Gasteiger partial charge in [-0.15, -0.1) is 0 Å². The summed E-state index contributed by atoms with van der Waals surface area (Å²) in [6.07, 6.45) is 1.10. The van der Waals surface area contributed by atoms with Crippen molar-refractivity contribution in [3.63, 3.8) is 0 Å². The number of aromatic nitrogens is 1. The zero-order valence-corrected chi connectivity index (χ0v) is 15.7. The smallest absolute Gasteiger partial charge is 0.322 e. The first-order valence-corrected chi connectivity index (χ1v) is 9.32. The third-order valence-corrected chi connectivity index (χ3v) is 4.95. The molecule has 4 rings (SSSR count). The number of anilines is 2. The maximum atomic E-state index is 12.6. The normalized spacial score (nSPS) is 16.0. The molecule has 0 spiro atoms. The molecule has 144 valence electrons. The number of nitrogens with one attached hydrogen (secondary N) is 1. The standard InChI is InChI=1S/C20H22N6O2/c1-2-26-19(27)10-8-16(24-26)13-3-6-15(7-4-13)22-20(28)25-11-14-5-9-18(21)23-17(14)12-25/h3-7,9H,2,8,10-12H2,1H3,(H2,21,23)(H,22,28). The van der Waals surface area contributed by atoms with Crippen LogP contribution in [0.4, 0.5) is 16.3 Å². The second kappa shape index (κ2) is 7.30. The van der Waals surface area contributed by atoms with Gasteiger partial charge in [0.05, 0.1) is 18.0 Å². The van der Waals surface area contributed by atoms with E-state index in [0.29, 0.717) is 44.0 Å². The number of nitrogens with two attached hydrogens (primary N) is 1. The van der Waals surface area contributed by atoms with Crippen molar-refractivity contribution in [3.05, 3.63) is 53.2 Å². The average molecular weight is 378 g/mol. The molecule has 3 amide bonds. The number of hydrogen-bond acceptors (Lipinski definition) is 5. The number of nitrogens with zero attached hydrogens (tertiary/aromatic N) is 4. The molecule has 2 aromatic rings. The summed E-state index contributed by atoms with van der Waals surface area (Å²) in [5, 5.41) is 8.84. The quantitative estimate of drug-likeness (QED) is 0.856. The van der Waals surface area contributed by atoms with E-state index in [1.807, 2.05) is 37.3 Å². The number of pyridine rings is 1. The van der Waals surface area contributed by atoms with Crippen LogP contribution in [0.15, 0.2) is 41.5 Å². The van der Waals surface area contributed by atoms with E-state index in [-0.39, 0.29) is 11.9 Å². The number of nitrogen functional groups attached to an aromatic ring is 1. The minimum absolute atomic E-state index is 0.0537. The lowest BCUT2D eigenvalue weighted by Gasteiger charge is -2.22. The van der Waals surface area contributed by atoms with Gasteiger partial charge in [-0.05, 0) is 36.2 Å². The predicted octanol–water partition coefficient (Wildman–Crippen LogP) is 2.56. The van der Waals surface area contributed by atoms with Crippen molar-refractivity contribution < 1.29 is 9.59 Å². The second-order valence-corrected chi connectivity index (χ2v) is 6.86. The summed E-state index contributed by atoms with van der Waals surface area (Å²) in [5.41, 5.74) is 10.1. The van der Waals surface area contributed by atoms with Crippen molar-refractivity contribution in [3.8, 4) is 0 Å². The number of hydrogen-bond donors (Lipinski definition) is 2.